The Labute approximate surface area is 112 Å². The zero-order chi connectivity index (χ0) is 12.3. The van der Waals surface area contributed by atoms with Gasteiger partial charge in [0, 0.05) is 32.8 Å². The van der Waals surface area contributed by atoms with Gasteiger partial charge in [0.05, 0.1) is 6.54 Å². The summed E-state index contributed by atoms with van der Waals surface area (Å²) in [6.45, 7) is 3.20. The highest BCUT2D eigenvalue weighted by molar-refractivity contribution is 5.85. The van der Waals surface area contributed by atoms with Crippen LogP contribution >= 0.6 is 12.4 Å². The molecule has 2 aliphatic rings. The second-order valence-corrected chi connectivity index (χ2v) is 4.50. The van der Waals surface area contributed by atoms with E-state index in [0.29, 0.717) is 32.8 Å². The van der Waals surface area contributed by atoms with E-state index in [9.17, 15) is 9.59 Å². The van der Waals surface area contributed by atoms with E-state index in [1.807, 2.05) is 4.90 Å². The van der Waals surface area contributed by atoms with Crippen LogP contribution in [0.3, 0.4) is 0 Å². The van der Waals surface area contributed by atoms with Crippen molar-refractivity contribution in [3.05, 3.63) is 0 Å². The summed E-state index contributed by atoms with van der Waals surface area (Å²) in [4.78, 5) is 26.2. The van der Waals surface area contributed by atoms with Crippen molar-refractivity contribution < 1.29 is 19.4 Å². The molecule has 1 unspecified atom stereocenters. The average Bonchev–Trinajstić information content (AvgIpc) is 2.82. The topological polar surface area (TPSA) is 70.1 Å². The molecule has 104 valence electrons. The molecule has 6 nitrogen and oxygen atoms in total. The third-order valence-electron chi connectivity index (χ3n) is 3.25. The van der Waals surface area contributed by atoms with E-state index in [2.05, 4.69) is 0 Å². The lowest BCUT2D eigenvalue weighted by molar-refractivity contribution is -0.143. The van der Waals surface area contributed by atoms with E-state index < -0.39 is 5.97 Å². The fraction of sp³-hybridized carbons (Fsp3) is 0.818. The molecule has 1 atom stereocenters. The standard InChI is InChI=1S/C11H18N2O4.ClH/c14-10(15)8-12-3-5-13(6-4-12)11(16)9-2-1-7-17-9;/h9H,1-8H2,(H,14,15);1H. The number of hydrogen-bond donors (Lipinski definition) is 1. The number of carboxylic acid groups (broad SMARTS) is 1. The van der Waals surface area contributed by atoms with E-state index in [4.69, 9.17) is 9.84 Å². The zero-order valence-electron chi connectivity index (χ0n) is 10.2. The van der Waals surface area contributed by atoms with Gasteiger partial charge in [-0.25, -0.2) is 0 Å². The van der Waals surface area contributed by atoms with Gasteiger partial charge in [0.25, 0.3) is 5.91 Å². The molecule has 2 heterocycles. The first-order valence-corrected chi connectivity index (χ1v) is 6.01. The van der Waals surface area contributed by atoms with Crippen LogP contribution in [0.2, 0.25) is 0 Å². The van der Waals surface area contributed by atoms with Gasteiger partial charge in [-0.2, -0.15) is 0 Å². The molecule has 2 rings (SSSR count). The van der Waals surface area contributed by atoms with E-state index in [1.54, 1.807) is 4.90 Å². The fourth-order valence-corrected chi connectivity index (χ4v) is 2.29. The maximum Gasteiger partial charge on any atom is 0.317 e. The third kappa shape index (κ3) is 3.83. The average molecular weight is 279 g/mol. The molecule has 7 heteroatoms. The Morgan fingerprint density at radius 1 is 1.22 bits per heavy atom. The number of halogens is 1. The van der Waals surface area contributed by atoms with Gasteiger partial charge in [-0.15, -0.1) is 12.4 Å². The lowest BCUT2D eigenvalue weighted by Gasteiger charge is -2.34. The summed E-state index contributed by atoms with van der Waals surface area (Å²) in [6.07, 6.45) is 1.50. The van der Waals surface area contributed by atoms with Crippen LogP contribution in [0.25, 0.3) is 0 Å². The Balaban J connectivity index is 0.00000162. The highest BCUT2D eigenvalue weighted by Crippen LogP contribution is 2.15. The lowest BCUT2D eigenvalue weighted by Crippen LogP contribution is -2.52. The maximum atomic E-state index is 12.0. The van der Waals surface area contributed by atoms with Gasteiger partial charge < -0.3 is 14.7 Å². The molecule has 2 aliphatic heterocycles. The van der Waals surface area contributed by atoms with E-state index >= 15 is 0 Å². The number of aliphatic carboxylic acids is 1. The van der Waals surface area contributed by atoms with Crippen LogP contribution in [0.15, 0.2) is 0 Å². The number of piperazine rings is 1. The Morgan fingerprint density at radius 2 is 1.89 bits per heavy atom. The summed E-state index contributed by atoms with van der Waals surface area (Å²) in [7, 11) is 0. The molecule has 2 saturated heterocycles. The van der Waals surface area contributed by atoms with Gasteiger partial charge in [-0.1, -0.05) is 0 Å². The number of carboxylic acids is 1. The molecule has 2 fully saturated rings. The number of carbonyl (C=O) groups excluding carboxylic acids is 1. The van der Waals surface area contributed by atoms with Crippen molar-refractivity contribution in [3.63, 3.8) is 0 Å². The van der Waals surface area contributed by atoms with Gasteiger partial charge in [0.15, 0.2) is 0 Å². The van der Waals surface area contributed by atoms with Crippen molar-refractivity contribution in [2.24, 2.45) is 0 Å². The molecule has 0 saturated carbocycles. The number of rotatable bonds is 3. The Bertz CT molecular complexity index is 299. The minimum absolute atomic E-state index is 0. The lowest BCUT2D eigenvalue weighted by atomic mass is 10.2. The normalized spacial score (nSPS) is 24.7. The molecule has 0 radical (unpaired) electrons. The predicted octanol–water partition coefficient (Wildman–Crippen LogP) is -0.184. The van der Waals surface area contributed by atoms with Gasteiger partial charge in [0.1, 0.15) is 6.10 Å². The Hall–Kier alpha value is -0.850. The van der Waals surface area contributed by atoms with Gasteiger partial charge >= 0.3 is 5.97 Å². The summed E-state index contributed by atoms with van der Waals surface area (Å²) in [5, 5.41) is 8.67. The molecule has 18 heavy (non-hydrogen) atoms. The van der Waals surface area contributed by atoms with Crippen molar-refractivity contribution in [1.82, 2.24) is 9.80 Å². The van der Waals surface area contributed by atoms with Crippen LogP contribution in [-0.2, 0) is 14.3 Å². The van der Waals surface area contributed by atoms with Crippen molar-refractivity contribution in [3.8, 4) is 0 Å². The first-order valence-electron chi connectivity index (χ1n) is 6.01. The Kier molecular flexibility index (Phi) is 5.84. The van der Waals surface area contributed by atoms with Gasteiger partial charge in [-0.3, -0.25) is 14.5 Å². The molecule has 0 aromatic heterocycles. The van der Waals surface area contributed by atoms with E-state index in [0.717, 1.165) is 12.8 Å². The molecule has 0 aromatic carbocycles. The highest BCUT2D eigenvalue weighted by Gasteiger charge is 2.30. The van der Waals surface area contributed by atoms with Crippen LogP contribution in [0.5, 0.6) is 0 Å². The van der Waals surface area contributed by atoms with Gasteiger partial charge in [0.2, 0.25) is 0 Å². The summed E-state index contributed by atoms with van der Waals surface area (Å²) in [5.74, 6) is -0.749. The van der Waals surface area contributed by atoms with Crippen LogP contribution in [0.1, 0.15) is 12.8 Å². The smallest absolute Gasteiger partial charge is 0.317 e. The third-order valence-corrected chi connectivity index (χ3v) is 3.25. The van der Waals surface area contributed by atoms with Gasteiger partial charge in [-0.05, 0) is 12.8 Å². The van der Waals surface area contributed by atoms with Crippen molar-refractivity contribution in [2.45, 2.75) is 18.9 Å². The summed E-state index contributed by atoms with van der Waals surface area (Å²) in [6, 6.07) is 0. The summed E-state index contributed by atoms with van der Waals surface area (Å²) in [5.41, 5.74) is 0. The first-order chi connectivity index (χ1) is 8.16. The van der Waals surface area contributed by atoms with Crippen molar-refractivity contribution >= 4 is 24.3 Å². The van der Waals surface area contributed by atoms with Crippen molar-refractivity contribution in [1.29, 1.82) is 0 Å². The minimum Gasteiger partial charge on any atom is -0.480 e. The molecular formula is C11H19ClN2O4. The number of amides is 1. The molecule has 0 spiro atoms. The molecular weight excluding hydrogens is 260 g/mol. The van der Waals surface area contributed by atoms with E-state index in [-0.39, 0.29) is 31.0 Å². The SMILES string of the molecule is Cl.O=C(O)CN1CCN(C(=O)C2CCCO2)CC1. The number of ether oxygens (including phenoxy) is 1. The Morgan fingerprint density at radius 3 is 2.39 bits per heavy atom. The van der Waals surface area contributed by atoms with Crippen LogP contribution in [0.4, 0.5) is 0 Å². The second kappa shape index (κ2) is 6.92. The number of hydrogen-bond acceptors (Lipinski definition) is 4. The number of nitrogens with zero attached hydrogens (tertiary/aromatic N) is 2. The number of carbonyl (C=O) groups is 2. The largest absolute Gasteiger partial charge is 0.480 e. The minimum atomic E-state index is -0.816. The summed E-state index contributed by atoms with van der Waals surface area (Å²) >= 11 is 0. The summed E-state index contributed by atoms with van der Waals surface area (Å²) < 4.78 is 5.36. The quantitative estimate of drug-likeness (QED) is 0.775. The van der Waals surface area contributed by atoms with Crippen LogP contribution in [0, 0.1) is 0 Å². The van der Waals surface area contributed by atoms with Crippen molar-refractivity contribution in [2.75, 3.05) is 39.3 Å². The van der Waals surface area contributed by atoms with E-state index in [1.165, 1.54) is 0 Å². The molecule has 0 aliphatic carbocycles. The fourth-order valence-electron chi connectivity index (χ4n) is 2.29. The molecule has 1 N–H and O–H groups in total. The van der Waals surface area contributed by atoms with Crippen LogP contribution in [-0.4, -0.2) is 72.2 Å². The molecule has 1 amide bonds. The highest BCUT2D eigenvalue weighted by atomic mass is 35.5. The first kappa shape index (κ1) is 15.2. The predicted molar refractivity (Wildman–Crippen MR) is 66.9 cm³/mol. The molecule has 0 aromatic rings. The molecule has 0 bridgehead atoms. The zero-order valence-corrected chi connectivity index (χ0v) is 11.0. The van der Waals surface area contributed by atoms with Crippen LogP contribution < -0.4 is 0 Å². The second-order valence-electron chi connectivity index (χ2n) is 4.50. The maximum absolute atomic E-state index is 12.0. The monoisotopic (exact) mass is 278 g/mol.